The van der Waals surface area contributed by atoms with Crippen LogP contribution in [0.1, 0.15) is 38.8 Å². The van der Waals surface area contributed by atoms with E-state index in [-0.39, 0.29) is 17.8 Å². The number of amides is 1. The Morgan fingerprint density at radius 3 is 2.65 bits per heavy atom. The summed E-state index contributed by atoms with van der Waals surface area (Å²) >= 11 is 13.6. The third-order valence-corrected chi connectivity index (χ3v) is 6.33. The molecule has 2 aliphatic rings. The molecule has 138 valence electrons. The van der Waals surface area contributed by atoms with Crippen molar-refractivity contribution in [3.63, 3.8) is 0 Å². The van der Waals surface area contributed by atoms with Gasteiger partial charge in [0, 0.05) is 0 Å². The number of thioether (sulfide) groups is 1. The van der Waals surface area contributed by atoms with E-state index in [1.54, 1.807) is 36.9 Å². The van der Waals surface area contributed by atoms with Crippen LogP contribution in [-0.4, -0.2) is 33.8 Å². The van der Waals surface area contributed by atoms with Crippen molar-refractivity contribution in [3.05, 3.63) is 45.1 Å². The van der Waals surface area contributed by atoms with Gasteiger partial charge in [0.1, 0.15) is 0 Å². The summed E-state index contributed by atoms with van der Waals surface area (Å²) < 4.78 is 5.22. The first-order valence-electron chi connectivity index (χ1n) is 8.30. The number of rotatable bonds is 4. The quantitative estimate of drug-likeness (QED) is 0.678. The van der Waals surface area contributed by atoms with Gasteiger partial charge >= 0.3 is 5.97 Å². The van der Waals surface area contributed by atoms with E-state index in [9.17, 15) is 9.59 Å². The highest BCUT2D eigenvalue weighted by molar-refractivity contribution is 8.15. The molecule has 0 spiro atoms. The first-order valence-corrected chi connectivity index (χ1v) is 9.93. The van der Waals surface area contributed by atoms with Gasteiger partial charge in [0.05, 0.1) is 39.2 Å². The van der Waals surface area contributed by atoms with Gasteiger partial charge in [-0.2, -0.15) is 0 Å². The first-order chi connectivity index (χ1) is 12.4. The Morgan fingerprint density at radius 2 is 2.04 bits per heavy atom. The Bertz CT molecular complexity index is 838. The summed E-state index contributed by atoms with van der Waals surface area (Å²) in [6.45, 7) is 5.69. The SMILES string of the molecule is CCOC(=O)C1=C(C)N=C2S[C@@H](CC)C(=O)N2[C@H]1c1ccc(Cl)c(Cl)c1. The lowest BCUT2D eigenvalue weighted by Crippen LogP contribution is -2.40. The van der Waals surface area contributed by atoms with E-state index >= 15 is 0 Å². The highest BCUT2D eigenvalue weighted by atomic mass is 35.5. The Hall–Kier alpha value is -1.50. The van der Waals surface area contributed by atoms with Crippen molar-refractivity contribution in [2.75, 3.05) is 6.61 Å². The lowest BCUT2D eigenvalue weighted by atomic mass is 9.94. The second-order valence-electron chi connectivity index (χ2n) is 5.91. The summed E-state index contributed by atoms with van der Waals surface area (Å²) in [6, 6.07) is 4.48. The van der Waals surface area contributed by atoms with E-state index in [0.717, 1.165) is 0 Å². The van der Waals surface area contributed by atoms with Gasteiger partial charge in [-0.25, -0.2) is 9.79 Å². The minimum atomic E-state index is -0.632. The minimum Gasteiger partial charge on any atom is -0.463 e. The molecule has 2 atom stereocenters. The molecular formula is C18H18Cl2N2O3S. The predicted molar refractivity (Wildman–Crippen MR) is 104 cm³/mol. The number of halogens is 2. The highest BCUT2D eigenvalue weighted by Gasteiger charge is 2.47. The van der Waals surface area contributed by atoms with Crippen LogP contribution in [0.25, 0.3) is 0 Å². The Kier molecular flexibility index (Phi) is 5.65. The van der Waals surface area contributed by atoms with Crippen LogP contribution in [0, 0.1) is 0 Å². The number of hydrogen-bond acceptors (Lipinski definition) is 5. The Balaban J connectivity index is 2.16. The second-order valence-corrected chi connectivity index (χ2v) is 7.90. The van der Waals surface area contributed by atoms with Crippen LogP contribution in [0.4, 0.5) is 0 Å². The molecule has 1 saturated heterocycles. The number of aliphatic imine (C=N–C) groups is 1. The molecule has 0 bridgehead atoms. The molecule has 5 nitrogen and oxygen atoms in total. The molecular weight excluding hydrogens is 395 g/mol. The average Bonchev–Trinajstić information content (AvgIpc) is 2.92. The van der Waals surface area contributed by atoms with Crippen LogP contribution in [0.5, 0.6) is 0 Å². The van der Waals surface area contributed by atoms with Gasteiger partial charge < -0.3 is 4.74 Å². The maximum Gasteiger partial charge on any atom is 0.338 e. The standard InChI is InChI=1S/C18H18Cl2N2O3S/c1-4-13-16(23)22-15(10-6-7-11(19)12(20)8-10)14(17(24)25-5-2)9(3)21-18(22)26-13/h6-8,13,15H,4-5H2,1-3H3/t13-,15-/m0/s1. The van der Waals surface area contributed by atoms with Crippen molar-refractivity contribution in [1.29, 1.82) is 0 Å². The number of carbonyl (C=O) groups excluding carboxylic acids is 2. The number of amidine groups is 1. The molecule has 1 amide bonds. The molecule has 8 heteroatoms. The van der Waals surface area contributed by atoms with Gasteiger partial charge in [0.25, 0.3) is 0 Å². The molecule has 0 aromatic heterocycles. The van der Waals surface area contributed by atoms with Crippen molar-refractivity contribution in [3.8, 4) is 0 Å². The van der Waals surface area contributed by atoms with E-state index in [1.807, 2.05) is 6.92 Å². The molecule has 2 aliphatic heterocycles. The molecule has 2 heterocycles. The van der Waals surface area contributed by atoms with Crippen molar-refractivity contribution >= 4 is 52.0 Å². The number of nitrogens with zero attached hydrogens (tertiary/aromatic N) is 2. The van der Waals surface area contributed by atoms with Crippen LogP contribution < -0.4 is 0 Å². The minimum absolute atomic E-state index is 0.0679. The zero-order chi connectivity index (χ0) is 19.0. The molecule has 1 fully saturated rings. The lowest BCUT2D eigenvalue weighted by molar-refractivity contribution is -0.139. The van der Waals surface area contributed by atoms with Crippen molar-refractivity contribution in [2.45, 2.75) is 38.5 Å². The summed E-state index contributed by atoms with van der Waals surface area (Å²) in [6.07, 6.45) is 0.681. The molecule has 0 N–H and O–H groups in total. The van der Waals surface area contributed by atoms with E-state index < -0.39 is 12.0 Å². The summed E-state index contributed by atoms with van der Waals surface area (Å²) in [5, 5.41) is 1.16. The smallest absolute Gasteiger partial charge is 0.338 e. The van der Waals surface area contributed by atoms with Crippen LogP contribution in [0.3, 0.4) is 0 Å². The topological polar surface area (TPSA) is 59.0 Å². The zero-order valence-electron chi connectivity index (χ0n) is 14.6. The van der Waals surface area contributed by atoms with Gasteiger partial charge in [-0.1, -0.05) is 48.0 Å². The first kappa shape index (κ1) is 19.3. The highest BCUT2D eigenvalue weighted by Crippen LogP contribution is 2.44. The van der Waals surface area contributed by atoms with Crippen molar-refractivity contribution < 1.29 is 14.3 Å². The molecule has 3 rings (SSSR count). The molecule has 1 aromatic rings. The van der Waals surface area contributed by atoms with Crippen LogP contribution >= 0.6 is 35.0 Å². The fourth-order valence-corrected chi connectivity index (χ4v) is 4.50. The fourth-order valence-electron chi connectivity index (χ4n) is 3.06. The number of ether oxygens (including phenoxy) is 1. The van der Waals surface area contributed by atoms with Gasteiger partial charge in [0.2, 0.25) is 5.91 Å². The van der Waals surface area contributed by atoms with E-state index in [0.29, 0.717) is 38.5 Å². The third-order valence-electron chi connectivity index (χ3n) is 4.28. The second kappa shape index (κ2) is 7.62. The lowest BCUT2D eigenvalue weighted by Gasteiger charge is -2.33. The average molecular weight is 413 g/mol. The number of hydrogen-bond donors (Lipinski definition) is 0. The predicted octanol–water partition coefficient (Wildman–Crippen LogP) is 4.60. The van der Waals surface area contributed by atoms with E-state index in [2.05, 4.69) is 4.99 Å². The normalized spacial score (nSPS) is 22.4. The van der Waals surface area contributed by atoms with E-state index in [1.165, 1.54) is 11.8 Å². The van der Waals surface area contributed by atoms with Crippen molar-refractivity contribution in [2.24, 2.45) is 4.99 Å². The molecule has 26 heavy (non-hydrogen) atoms. The molecule has 0 saturated carbocycles. The maximum absolute atomic E-state index is 12.9. The van der Waals surface area contributed by atoms with Crippen LogP contribution in [-0.2, 0) is 14.3 Å². The number of carbonyl (C=O) groups is 2. The fraction of sp³-hybridized carbons (Fsp3) is 0.389. The number of esters is 1. The molecule has 0 unspecified atom stereocenters. The zero-order valence-corrected chi connectivity index (χ0v) is 16.9. The Labute approximate surface area is 166 Å². The van der Waals surface area contributed by atoms with Gasteiger partial charge in [-0.3, -0.25) is 9.69 Å². The largest absolute Gasteiger partial charge is 0.463 e. The molecule has 1 aromatic carbocycles. The van der Waals surface area contributed by atoms with Crippen LogP contribution in [0.15, 0.2) is 34.5 Å². The Morgan fingerprint density at radius 1 is 1.31 bits per heavy atom. The number of benzene rings is 1. The number of fused-ring (bicyclic) bond motifs is 1. The summed E-state index contributed by atoms with van der Waals surface area (Å²) in [5.74, 6) is -0.553. The monoisotopic (exact) mass is 412 g/mol. The summed E-state index contributed by atoms with van der Waals surface area (Å²) in [4.78, 5) is 31.6. The van der Waals surface area contributed by atoms with Gasteiger partial charge in [-0.05, 0) is 38.0 Å². The van der Waals surface area contributed by atoms with Crippen molar-refractivity contribution in [1.82, 2.24) is 4.90 Å². The van der Waals surface area contributed by atoms with E-state index in [4.69, 9.17) is 27.9 Å². The molecule has 0 aliphatic carbocycles. The third kappa shape index (κ3) is 3.26. The van der Waals surface area contributed by atoms with Gasteiger partial charge in [0.15, 0.2) is 5.17 Å². The molecule has 0 radical (unpaired) electrons. The number of allylic oxidation sites excluding steroid dienone is 1. The summed E-state index contributed by atoms with van der Waals surface area (Å²) in [5.41, 5.74) is 1.59. The van der Waals surface area contributed by atoms with Crippen LogP contribution in [0.2, 0.25) is 10.0 Å². The maximum atomic E-state index is 12.9. The van der Waals surface area contributed by atoms with Gasteiger partial charge in [-0.15, -0.1) is 0 Å². The summed E-state index contributed by atoms with van der Waals surface area (Å²) in [7, 11) is 0.